The van der Waals surface area contributed by atoms with Crippen molar-refractivity contribution >= 4 is 53.5 Å². The topological polar surface area (TPSA) is 70.9 Å². The number of halogens is 1. The van der Waals surface area contributed by atoms with E-state index >= 15 is 0 Å². The number of nitrogens with one attached hydrogen (secondary N) is 1. The molecule has 4 aromatic rings. The molecule has 7 heteroatoms. The number of aryl methyl sites for hydroxylation is 1. The summed E-state index contributed by atoms with van der Waals surface area (Å²) in [7, 11) is 0. The predicted octanol–water partition coefficient (Wildman–Crippen LogP) is 4.38. The Morgan fingerprint density at radius 1 is 1.20 bits per heavy atom. The van der Waals surface area contributed by atoms with Gasteiger partial charge in [0.15, 0.2) is 0 Å². The lowest BCUT2D eigenvalue weighted by atomic mass is 10.1. The third-order valence-electron chi connectivity index (χ3n) is 3.97. The third-order valence-corrected chi connectivity index (χ3v) is 5.58. The van der Waals surface area contributed by atoms with Gasteiger partial charge in [0.1, 0.15) is 17.0 Å². The molecule has 0 fully saturated rings. The van der Waals surface area contributed by atoms with E-state index in [0.29, 0.717) is 6.54 Å². The number of hydrogen-bond acceptors (Lipinski definition) is 6. The second-order valence-electron chi connectivity index (χ2n) is 5.66. The molecule has 1 aromatic carbocycles. The minimum absolute atomic E-state index is 0.0569. The summed E-state index contributed by atoms with van der Waals surface area (Å²) in [6, 6.07) is 10.2. The van der Waals surface area contributed by atoms with Crippen LogP contribution in [-0.4, -0.2) is 33.2 Å². The molecule has 0 atom stereocenters. The second-order valence-corrected chi connectivity index (χ2v) is 7.58. The Balaban J connectivity index is 1.91. The molecule has 0 unspecified atom stereocenters. The monoisotopic (exact) mass is 414 g/mol. The Morgan fingerprint density at radius 2 is 2.00 bits per heavy atom. The first kappa shape index (κ1) is 16.4. The fourth-order valence-corrected chi connectivity index (χ4v) is 4.25. The number of rotatable bonds is 4. The molecule has 0 spiro atoms. The Hall–Kier alpha value is -2.09. The van der Waals surface area contributed by atoms with Gasteiger partial charge < -0.3 is 10.4 Å². The maximum atomic E-state index is 9.05. The highest BCUT2D eigenvalue weighted by molar-refractivity contribution is 9.10. The number of aliphatic hydroxyl groups excluding tert-OH is 1. The SMILES string of the molecule is Cc1cc(-c2ccc(Br)cc2)nc2sc3c(NCCO)ncnc3c12. The number of thiophene rings is 1. The molecule has 0 amide bonds. The molecule has 2 N–H and O–H groups in total. The van der Waals surface area contributed by atoms with Crippen LogP contribution in [0, 0.1) is 6.92 Å². The number of nitrogens with zero attached hydrogens (tertiary/aromatic N) is 3. The summed E-state index contributed by atoms with van der Waals surface area (Å²) in [6.45, 7) is 2.60. The molecule has 0 radical (unpaired) electrons. The van der Waals surface area contributed by atoms with Crippen LogP contribution in [0.5, 0.6) is 0 Å². The van der Waals surface area contributed by atoms with Gasteiger partial charge in [0.25, 0.3) is 0 Å². The Kier molecular flexibility index (Phi) is 4.37. The van der Waals surface area contributed by atoms with Gasteiger partial charge in [0, 0.05) is 22.0 Å². The zero-order valence-electron chi connectivity index (χ0n) is 13.5. The first-order chi connectivity index (χ1) is 12.2. The highest BCUT2D eigenvalue weighted by Crippen LogP contribution is 2.38. The van der Waals surface area contributed by atoms with Gasteiger partial charge in [-0.05, 0) is 30.7 Å². The third kappa shape index (κ3) is 2.99. The quantitative estimate of drug-likeness (QED) is 0.518. The maximum absolute atomic E-state index is 9.05. The van der Waals surface area contributed by atoms with Gasteiger partial charge in [-0.3, -0.25) is 0 Å². The lowest BCUT2D eigenvalue weighted by molar-refractivity contribution is 0.311. The van der Waals surface area contributed by atoms with E-state index in [1.165, 1.54) is 0 Å². The van der Waals surface area contributed by atoms with Gasteiger partial charge >= 0.3 is 0 Å². The minimum Gasteiger partial charge on any atom is -0.395 e. The number of aromatic nitrogens is 3. The van der Waals surface area contributed by atoms with Crippen LogP contribution < -0.4 is 5.32 Å². The summed E-state index contributed by atoms with van der Waals surface area (Å²) in [5, 5.41) is 13.3. The van der Waals surface area contributed by atoms with Crippen LogP contribution in [0.2, 0.25) is 0 Å². The molecular weight excluding hydrogens is 400 g/mol. The zero-order chi connectivity index (χ0) is 17.4. The van der Waals surface area contributed by atoms with Crippen molar-refractivity contribution in [2.75, 3.05) is 18.5 Å². The summed E-state index contributed by atoms with van der Waals surface area (Å²) in [5.41, 5.74) is 4.07. The van der Waals surface area contributed by atoms with Crippen molar-refractivity contribution in [3.8, 4) is 11.3 Å². The largest absolute Gasteiger partial charge is 0.395 e. The average molecular weight is 415 g/mol. The second kappa shape index (κ2) is 6.67. The number of pyridine rings is 1. The van der Waals surface area contributed by atoms with Crippen molar-refractivity contribution in [3.63, 3.8) is 0 Å². The van der Waals surface area contributed by atoms with Gasteiger partial charge in [0.05, 0.1) is 22.5 Å². The molecule has 0 aliphatic heterocycles. The number of benzene rings is 1. The molecule has 25 heavy (non-hydrogen) atoms. The Labute approximate surface area is 156 Å². The van der Waals surface area contributed by atoms with Gasteiger partial charge in [-0.25, -0.2) is 15.0 Å². The summed E-state index contributed by atoms with van der Waals surface area (Å²) in [6.07, 6.45) is 1.55. The molecule has 5 nitrogen and oxygen atoms in total. The van der Waals surface area contributed by atoms with Crippen LogP contribution in [0.1, 0.15) is 5.56 Å². The van der Waals surface area contributed by atoms with Gasteiger partial charge in [-0.1, -0.05) is 28.1 Å². The van der Waals surface area contributed by atoms with Crippen LogP contribution in [0.25, 0.3) is 31.7 Å². The Bertz CT molecular complexity index is 1060. The van der Waals surface area contributed by atoms with Gasteiger partial charge in [0.2, 0.25) is 0 Å². The summed E-state index contributed by atoms with van der Waals surface area (Å²) < 4.78 is 2.01. The number of anilines is 1. The lowest BCUT2D eigenvalue weighted by Crippen LogP contribution is -2.06. The van der Waals surface area contributed by atoms with Gasteiger partial charge in [-0.15, -0.1) is 11.3 Å². The predicted molar refractivity (Wildman–Crippen MR) is 106 cm³/mol. The normalized spacial score (nSPS) is 11.3. The highest BCUT2D eigenvalue weighted by atomic mass is 79.9. The molecule has 3 aromatic heterocycles. The summed E-state index contributed by atoms with van der Waals surface area (Å²) >= 11 is 5.04. The van der Waals surface area contributed by atoms with Gasteiger partial charge in [-0.2, -0.15) is 0 Å². The van der Waals surface area contributed by atoms with Crippen LogP contribution in [0.3, 0.4) is 0 Å². The van der Waals surface area contributed by atoms with E-state index in [0.717, 1.165) is 47.5 Å². The van der Waals surface area contributed by atoms with E-state index in [1.54, 1.807) is 17.7 Å². The molecule has 0 bridgehead atoms. The van der Waals surface area contributed by atoms with E-state index in [2.05, 4.69) is 56.3 Å². The van der Waals surface area contributed by atoms with Crippen molar-refractivity contribution < 1.29 is 5.11 Å². The number of aliphatic hydroxyl groups is 1. The van der Waals surface area contributed by atoms with E-state index in [1.807, 2.05) is 12.1 Å². The molecular formula is C18H15BrN4OS. The maximum Gasteiger partial charge on any atom is 0.147 e. The fourth-order valence-electron chi connectivity index (χ4n) is 2.82. The fraction of sp³-hybridized carbons (Fsp3) is 0.167. The molecule has 3 heterocycles. The van der Waals surface area contributed by atoms with E-state index in [9.17, 15) is 0 Å². The molecule has 126 valence electrons. The molecule has 0 saturated heterocycles. The van der Waals surface area contributed by atoms with Crippen molar-refractivity contribution in [2.24, 2.45) is 0 Å². The van der Waals surface area contributed by atoms with Crippen molar-refractivity contribution in [2.45, 2.75) is 6.92 Å². The summed E-state index contributed by atoms with van der Waals surface area (Å²) in [5.74, 6) is 0.742. The Morgan fingerprint density at radius 3 is 2.76 bits per heavy atom. The molecule has 4 rings (SSSR count). The molecule has 0 aliphatic rings. The average Bonchev–Trinajstić information content (AvgIpc) is 3.00. The van der Waals surface area contributed by atoms with E-state index in [-0.39, 0.29) is 6.61 Å². The van der Waals surface area contributed by atoms with Crippen LogP contribution >= 0.6 is 27.3 Å². The number of hydrogen-bond donors (Lipinski definition) is 2. The van der Waals surface area contributed by atoms with E-state index in [4.69, 9.17) is 10.1 Å². The molecule has 0 aliphatic carbocycles. The zero-order valence-corrected chi connectivity index (χ0v) is 15.9. The van der Waals surface area contributed by atoms with Crippen LogP contribution in [0.15, 0.2) is 41.1 Å². The highest BCUT2D eigenvalue weighted by Gasteiger charge is 2.15. The van der Waals surface area contributed by atoms with Crippen LogP contribution in [-0.2, 0) is 0 Å². The smallest absolute Gasteiger partial charge is 0.147 e. The summed E-state index contributed by atoms with van der Waals surface area (Å²) in [4.78, 5) is 14.6. The molecule has 0 saturated carbocycles. The van der Waals surface area contributed by atoms with Crippen LogP contribution in [0.4, 0.5) is 5.82 Å². The first-order valence-electron chi connectivity index (χ1n) is 7.83. The van der Waals surface area contributed by atoms with E-state index < -0.39 is 0 Å². The van der Waals surface area contributed by atoms with Crippen molar-refractivity contribution in [1.29, 1.82) is 0 Å². The first-order valence-corrected chi connectivity index (χ1v) is 9.44. The lowest BCUT2D eigenvalue weighted by Gasteiger charge is -2.04. The van der Waals surface area contributed by atoms with Crippen molar-refractivity contribution in [1.82, 2.24) is 15.0 Å². The van der Waals surface area contributed by atoms with Crippen molar-refractivity contribution in [3.05, 3.63) is 46.7 Å². The minimum atomic E-state index is 0.0569. The number of fused-ring (bicyclic) bond motifs is 3. The standard InChI is InChI=1S/C18H15BrN4OS/c1-10-8-13(11-2-4-12(19)5-3-11)23-18-14(10)15-16(25-18)17(20-6-7-24)22-9-21-15/h2-5,8-9,24H,6-7H2,1H3,(H,20,21,22).